The normalized spacial score (nSPS) is 10.2. The van der Waals surface area contributed by atoms with Gasteiger partial charge in [0.2, 0.25) is 0 Å². The highest BCUT2D eigenvalue weighted by Crippen LogP contribution is 2.22. The first-order valence-electron chi connectivity index (χ1n) is 5.80. The molecule has 0 spiro atoms. The van der Waals surface area contributed by atoms with Crippen LogP contribution in [-0.2, 0) is 6.54 Å². The van der Waals surface area contributed by atoms with Crippen molar-refractivity contribution in [1.29, 1.82) is 0 Å². The maximum atomic E-state index is 12.0. The van der Waals surface area contributed by atoms with E-state index >= 15 is 0 Å². The van der Waals surface area contributed by atoms with E-state index in [-0.39, 0.29) is 5.91 Å². The predicted octanol–water partition coefficient (Wildman–Crippen LogP) is 2.08. The van der Waals surface area contributed by atoms with Crippen molar-refractivity contribution < 1.29 is 9.53 Å². The van der Waals surface area contributed by atoms with Crippen LogP contribution in [0.1, 0.15) is 10.4 Å². The molecule has 1 aromatic heterocycles. The second kappa shape index (κ2) is 6.38. The summed E-state index contributed by atoms with van der Waals surface area (Å²) in [5.74, 6) is 0.512. The summed E-state index contributed by atoms with van der Waals surface area (Å²) < 4.78 is 7.61. The van der Waals surface area contributed by atoms with Crippen molar-refractivity contribution in [3.63, 3.8) is 0 Å². The Balaban J connectivity index is 1.95. The predicted molar refractivity (Wildman–Crippen MR) is 75.3 cm³/mol. The van der Waals surface area contributed by atoms with Gasteiger partial charge in [0, 0.05) is 23.4 Å². The van der Waals surface area contributed by atoms with Crippen LogP contribution in [0, 0.1) is 0 Å². The molecule has 1 amide bonds. The van der Waals surface area contributed by atoms with E-state index in [4.69, 9.17) is 4.74 Å². The number of methoxy groups -OCH3 is 1. The summed E-state index contributed by atoms with van der Waals surface area (Å²) in [6.07, 6.45) is 3.56. The Kier molecular flexibility index (Phi) is 4.57. The van der Waals surface area contributed by atoms with Gasteiger partial charge in [-0.2, -0.15) is 5.10 Å². The topological polar surface area (TPSA) is 56.1 Å². The molecule has 1 N–H and O–H groups in total. The van der Waals surface area contributed by atoms with Crippen LogP contribution in [0.15, 0.2) is 41.1 Å². The first kappa shape index (κ1) is 13.6. The number of hydrogen-bond donors (Lipinski definition) is 1. The number of benzene rings is 1. The first-order chi connectivity index (χ1) is 9.20. The zero-order valence-electron chi connectivity index (χ0n) is 10.5. The van der Waals surface area contributed by atoms with Gasteiger partial charge in [0.05, 0.1) is 19.2 Å². The smallest absolute Gasteiger partial charge is 0.252 e. The van der Waals surface area contributed by atoms with Gasteiger partial charge >= 0.3 is 0 Å². The van der Waals surface area contributed by atoms with E-state index in [0.717, 1.165) is 4.47 Å². The molecule has 1 aromatic carbocycles. The molecule has 2 aromatic rings. The SMILES string of the molecule is COc1ccc(Br)c(C(=O)NCCn2cccn2)c1. The number of aromatic nitrogens is 2. The fourth-order valence-electron chi connectivity index (χ4n) is 1.62. The highest BCUT2D eigenvalue weighted by molar-refractivity contribution is 9.10. The number of rotatable bonds is 5. The molecule has 0 bridgehead atoms. The van der Waals surface area contributed by atoms with Crippen molar-refractivity contribution in [2.24, 2.45) is 0 Å². The molecule has 2 rings (SSSR count). The third-order valence-electron chi connectivity index (χ3n) is 2.60. The van der Waals surface area contributed by atoms with Gasteiger partial charge < -0.3 is 10.1 Å². The molecule has 0 saturated carbocycles. The van der Waals surface area contributed by atoms with E-state index in [0.29, 0.717) is 24.4 Å². The highest BCUT2D eigenvalue weighted by atomic mass is 79.9. The summed E-state index contributed by atoms with van der Waals surface area (Å²) in [5, 5.41) is 6.91. The summed E-state index contributed by atoms with van der Waals surface area (Å²) >= 11 is 3.36. The Labute approximate surface area is 119 Å². The van der Waals surface area contributed by atoms with Crippen molar-refractivity contribution >= 4 is 21.8 Å². The Morgan fingerprint density at radius 2 is 2.37 bits per heavy atom. The minimum Gasteiger partial charge on any atom is -0.497 e. The molecule has 5 nitrogen and oxygen atoms in total. The fraction of sp³-hybridized carbons (Fsp3) is 0.231. The highest BCUT2D eigenvalue weighted by Gasteiger charge is 2.10. The number of hydrogen-bond acceptors (Lipinski definition) is 3. The van der Waals surface area contributed by atoms with Crippen molar-refractivity contribution in [1.82, 2.24) is 15.1 Å². The number of nitrogens with zero attached hydrogens (tertiary/aromatic N) is 2. The monoisotopic (exact) mass is 323 g/mol. The fourth-order valence-corrected chi connectivity index (χ4v) is 2.04. The summed E-state index contributed by atoms with van der Waals surface area (Å²) in [6.45, 7) is 1.16. The van der Waals surface area contributed by atoms with Crippen molar-refractivity contribution in [2.75, 3.05) is 13.7 Å². The van der Waals surface area contributed by atoms with E-state index < -0.39 is 0 Å². The lowest BCUT2D eigenvalue weighted by Gasteiger charge is -2.08. The van der Waals surface area contributed by atoms with Crippen LogP contribution in [0.2, 0.25) is 0 Å². The van der Waals surface area contributed by atoms with Gasteiger partial charge in [-0.25, -0.2) is 0 Å². The zero-order chi connectivity index (χ0) is 13.7. The molecule has 100 valence electrons. The summed E-state index contributed by atoms with van der Waals surface area (Å²) in [6, 6.07) is 7.14. The van der Waals surface area contributed by atoms with Crippen molar-refractivity contribution in [3.8, 4) is 5.75 Å². The van der Waals surface area contributed by atoms with Crippen LogP contribution in [0.4, 0.5) is 0 Å². The molecule has 0 saturated heterocycles. The second-order valence-electron chi connectivity index (χ2n) is 3.87. The first-order valence-corrected chi connectivity index (χ1v) is 6.59. The molecule has 0 aliphatic rings. The summed E-state index contributed by atoms with van der Waals surface area (Å²) in [4.78, 5) is 12.0. The maximum Gasteiger partial charge on any atom is 0.252 e. The van der Waals surface area contributed by atoms with E-state index in [1.165, 1.54) is 0 Å². The average Bonchev–Trinajstić information content (AvgIpc) is 2.92. The molecular weight excluding hydrogens is 310 g/mol. The van der Waals surface area contributed by atoms with Crippen molar-refractivity contribution in [3.05, 3.63) is 46.7 Å². The molecule has 0 radical (unpaired) electrons. The van der Waals surface area contributed by atoms with Crippen LogP contribution in [0.25, 0.3) is 0 Å². The maximum absolute atomic E-state index is 12.0. The third kappa shape index (κ3) is 3.57. The van der Waals surface area contributed by atoms with E-state index in [2.05, 4.69) is 26.3 Å². The minimum atomic E-state index is -0.141. The van der Waals surface area contributed by atoms with Gasteiger partial charge in [0.1, 0.15) is 5.75 Å². The average molecular weight is 324 g/mol. The molecule has 0 aliphatic heterocycles. The van der Waals surface area contributed by atoms with Crippen LogP contribution in [0.5, 0.6) is 5.75 Å². The molecule has 0 atom stereocenters. The van der Waals surface area contributed by atoms with Gasteiger partial charge in [-0.15, -0.1) is 0 Å². The number of carbonyl (C=O) groups is 1. The Morgan fingerprint density at radius 1 is 1.53 bits per heavy atom. The Hall–Kier alpha value is -1.82. The van der Waals surface area contributed by atoms with Gasteiger partial charge in [0.25, 0.3) is 5.91 Å². The zero-order valence-corrected chi connectivity index (χ0v) is 12.1. The molecule has 6 heteroatoms. The lowest BCUT2D eigenvalue weighted by molar-refractivity contribution is 0.0951. The van der Waals surface area contributed by atoms with E-state index in [1.807, 2.05) is 12.3 Å². The summed E-state index contributed by atoms with van der Waals surface area (Å²) in [7, 11) is 1.57. The van der Waals surface area contributed by atoms with Crippen LogP contribution in [0.3, 0.4) is 0 Å². The lowest BCUT2D eigenvalue weighted by Crippen LogP contribution is -2.27. The number of carbonyl (C=O) groups excluding carboxylic acids is 1. The van der Waals surface area contributed by atoms with Gasteiger partial charge in [0.15, 0.2) is 0 Å². The van der Waals surface area contributed by atoms with Crippen molar-refractivity contribution in [2.45, 2.75) is 6.54 Å². The summed E-state index contributed by atoms with van der Waals surface area (Å²) in [5.41, 5.74) is 0.555. The van der Waals surface area contributed by atoms with Crippen LogP contribution < -0.4 is 10.1 Å². The Bertz CT molecular complexity index is 555. The molecule has 0 unspecified atom stereocenters. The van der Waals surface area contributed by atoms with Gasteiger partial charge in [-0.1, -0.05) is 0 Å². The van der Waals surface area contributed by atoms with E-state index in [1.54, 1.807) is 36.2 Å². The number of amides is 1. The van der Waals surface area contributed by atoms with Gasteiger partial charge in [-0.05, 0) is 40.2 Å². The molecule has 0 fully saturated rings. The lowest BCUT2D eigenvalue weighted by atomic mass is 10.2. The van der Waals surface area contributed by atoms with Gasteiger partial charge in [-0.3, -0.25) is 9.48 Å². The molecule has 0 aliphatic carbocycles. The third-order valence-corrected chi connectivity index (χ3v) is 3.30. The van der Waals surface area contributed by atoms with Crippen LogP contribution in [-0.4, -0.2) is 29.3 Å². The molecule has 1 heterocycles. The number of halogens is 1. The second-order valence-corrected chi connectivity index (χ2v) is 4.73. The molecular formula is C13H14BrN3O2. The minimum absolute atomic E-state index is 0.141. The number of ether oxygens (including phenoxy) is 1. The number of nitrogens with one attached hydrogen (secondary N) is 1. The van der Waals surface area contributed by atoms with Crippen LogP contribution >= 0.6 is 15.9 Å². The molecule has 19 heavy (non-hydrogen) atoms. The van der Waals surface area contributed by atoms with E-state index in [9.17, 15) is 4.79 Å². The quantitative estimate of drug-likeness (QED) is 0.916. The largest absolute Gasteiger partial charge is 0.497 e. The Morgan fingerprint density at radius 3 is 3.05 bits per heavy atom. The standard InChI is InChI=1S/C13H14BrN3O2/c1-19-10-3-4-12(14)11(9-10)13(18)15-6-8-17-7-2-5-16-17/h2-5,7,9H,6,8H2,1H3,(H,15,18).